The van der Waals surface area contributed by atoms with Crippen molar-refractivity contribution in [1.82, 2.24) is 10.6 Å². The zero-order valence-corrected chi connectivity index (χ0v) is 16.0. The van der Waals surface area contributed by atoms with Gasteiger partial charge in [0.15, 0.2) is 0 Å². The Labute approximate surface area is 155 Å². The highest BCUT2D eigenvalue weighted by Gasteiger charge is 2.37. The summed E-state index contributed by atoms with van der Waals surface area (Å²) in [5, 5.41) is 6.12. The van der Waals surface area contributed by atoms with Gasteiger partial charge in [0.1, 0.15) is 5.75 Å². The molecule has 2 atom stereocenters. The van der Waals surface area contributed by atoms with E-state index >= 15 is 0 Å². The Morgan fingerprint density at radius 1 is 1.31 bits per heavy atom. The molecular formula is C20H30N2O4. The monoisotopic (exact) mass is 362 g/mol. The molecule has 1 saturated heterocycles. The number of methoxy groups -OCH3 is 2. The minimum Gasteiger partial charge on any atom is -0.497 e. The van der Waals surface area contributed by atoms with Gasteiger partial charge in [-0.2, -0.15) is 0 Å². The average Bonchev–Trinajstić information content (AvgIpc) is 3.01. The summed E-state index contributed by atoms with van der Waals surface area (Å²) in [7, 11) is 3.27. The van der Waals surface area contributed by atoms with Crippen LogP contribution in [0.5, 0.6) is 5.75 Å². The maximum Gasteiger partial charge on any atom is 0.220 e. The molecule has 144 valence electrons. The number of amides is 2. The van der Waals surface area contributed by atoms with Crippen molar-refractivity contribution in [3.8, 4) is 5.75 Å². The molecule has 2 rings (SSSR count). The van der Waals surface area contributed by atoms with Gasteiger partial charge in [0.25, 0.3) is 0 Å². The van der Waals surface area contributed by atoms with Crippen LogP contribution in [0.3, 0.4) is 0 Å². The number of carbonyl (C=O) groups excluding carboxylic acids is 2. The van der Waals surface area contributed by atoms with Gasteiger partial charge in [0, 0.05) is 25.5 Å². The van der Waals surface area contributed by atoms with Gasteiger partial charge in [0.2, 0.25) is 11.8 Å². The number of nitrogens with one attached hydrogen (secondary N) is 2. The van der Waals surface area contributed by atoms with Crippen LogP contribution < -0.4 is 15.4 Å². The van der Waals surface area contributed by atoms with E-state index in [9.17, 15) is 9.59 Å². The molecule has 0 saturated carbocycles. The number of ether oxygens (including phenoxy) is 2. The van der Waals surface area contributed by atoms with Gasteiger partial charge in [-0.1, -0.05) is 19.1 Å². The summed E-state index contributed by atoms with van der Waals surface area (Å²) in [6, 6.07) is 7.89. The molecule has 1 aromatic carbocycles. The fraction of sp³-hybridized carbons (Fsp3) is 0.600. The van der Waals surface area contributed by atoms with E-state index in [4.69, 9.17) is 9.47 Å². The zero-order chi connectivity index (χ0) is 19.0. The highest BCUT2D eigenvalue weighted by atomic mass is 16.5. The van der Waals surface area contributed by atoms with Crippen LogP contribution in [0.15, 0.2) is 24.3 Å². The van der Waals surface area contributed by atoms with Gasteiger partial charge in [-0.25, -0.2) is 0 Å². The average molecular weight is 362 g/mol. The van der Waals surface area contributed by atoms with Crippen molar-refractivity contribution in [3.63, 3.8) is 0 Å². The van der Waals surface area contributed by atoms with Crippen molar-refractivity contribution in [2.75, 3.05) is 20.8 Å². The fourth-order valence-electron chi connectivity index (χ4n) is 3.43. The van der Waals surface area contributed by atoms with Gasteiger partial charge >= 0.3 is 0 Å². The van der Waals surface area contributed by atoms with Crippen LogP contribution in [0, 0.1) is 0 Å². The van der Waals surface area contributed by atoms with E-state index in [-0.39, 0.29) is 23.4 Å². The maximum atomic E-state index is 12.3. The number of hydrogen-bond donors (Lipinski definition) is 2. The predicted octanol–water partition coefficient (Wildman–Crippen LogP) is 2.21. The lowest BCUT2D eigenvalue weighted by atomic mass is 9.85. The second-order valence-electron chi connectivity index (χ2n) is 6.98. The lowest BCUT2D eigenvalue weighted by molar-refractivity contribution is -0.123. The molecular weight excluding hydrogens is 332 g/mol. The molecule has 6 nitrogen and oxygen atoms in total. The van der Waals surface area contributed by atoms with E-state index in [1.807, 2.05) is 31.2 Å². The molecule has 6 heteroatoms. The fourth-order valence-corrected chi connectivity index (χ4v) is 3.43. The zero-order valence-electron chi connectivity index (χ0n) is 16.0. The van der Waals surface area contributed by atoms with Crippen LogP contribution in [0.4, 0.5) is 0 Å². The molecule has 1 heterocycles. The van der Waals surface area contributed by atoms with Crippen molar-refractivity contribution < 1.29 is 19.1 Å². The Morgan fingerprint density at radius 2 is 2.04 bits per heavy atom. The van der Waals surface area contributed by atoms with Crippen LogP contribution >= 0.6 is 0 Å². The topological polar surface area (TPSA) is 76.7 Å². The lowest BCUT2D eigenvalue weighted by Crippen LogP contribution is -2.45. The van der Waals surface area contributed by atoms with E-state index in [0.717, 1.165) is 24.2 Å². The van der Waals surface area contributed by atoms with Crippen molar-refractivity contribution in [2.45, 2.75) is 57.0 Å². The van der Waals surface area contributed by atoms with E-state index in [2.05, 4.69) is 10.6 Å². The second-order valence-corrected chi connectivity index (χ2v) is 6.98. The first-order valence-electron chi connectivity index (χ1n) is 9.22. The number of rotatable bonds is 10. The molecule has 0 bridgehead atoms. The summed E-state index contributed by atoms with van der Waals surface area (Å²) in [4.78, 5) is 24.2. The SMILES string of the molecule is CC[C@H](COC)NC(=O)CC[C@]1(Cc2ccc(OC)cc2)CCC(=O)N1. The maximum absolute atomic E-state index is 12.3. The quantitative estimate of drug-likeness (QED) is 0.669. The summed E-state index contributed by atoms with van der Waals surface area (Å²) in [5.74, 6) is 0.871. The molecule has 0 aliphatic carbocycles. The van der Waals surface area contributed by atoms with Crippen LogP contribution in [0.2, 0.25) is 0 Å². The molecule has 0 aromatic heterocycles. The molecule has 1 fully saturated rings. The third-order valence-electron chi connectivity index (χ3n) is 4.99. The number of benzene rings is 1. The Bertz CT molecular complexity index is 602. The molecule has 1 aromatic rings. The molecule has 0 spiro atoms. The van der Waals surface area contributed by atoms with Gasteiger partial charge < -0.3 is 20.1 Å². The molecule has 1 aliphatic rings. The van der Waals surface area contributed by atoms with Crippen LogP contribution in [0.25, 0.3) is 0 Å². The van der Waals surface area contributed by atoms with Crippen molar-refractivity contribution in [1.29, 1.82) is 0 Å². The molecule has 26 heavy (non-hydrogen) atoms. The van der Waals surface area contributed by atoms with Crippen LogP contribution in [-0.2, 0) is 20.7 Å². The van der Waals surface area contributed by atoms with E-state index in [1.54, 1.807) is 14.2 Å². The number of carbonyl (C=O) groups is 2. The van der Waals surface area contributed by atoms with Crippen molar-refractivity contribution in [3.05, 3.63) is 29.8 Å². The van der Waals surface area contributed by atoms with E-state index < -0.39 is 0 Å². The Balaban J connectivity index is 1.97. The molecule has 1 aliphatic heterocycles. The summed E-state index contributed by atoms with van der Waals surface area (Å²) < 4.78 is 10.3. The third-order valence-corrected chi connectivity index (χ3v) is 4.99. The summed E-state index contributed by atoms with van der Waals surface area (Å²) in [5.41, 5.74) is 0.769. The van der Waals surface area contributed by atoms with Gasteiger partial charge in [-0.15, -0.1) is 0 Å². The molecule has 0 radical (unpaired) electrons. The Hall–Kier alpha value is -2.08. The molecule has 2 amide bonds. The first-order chi connectivity index (χ1) is 12.5. The smallest absolute Gasteiger partial charge is 0.220 e. The van der Waals surface area contributed by atoms with Crippen LogP contribution in [-0.4, -0.2) is 44.2 Å². The molecule has 2 N–H and O–H groups in total. The highest BCUT2D eigenvalue weighted by molar-refractivity contribution is 5.80. The van der Waals surface area contributed by atoms with Crippen LogP contribution in [0.1, 0.15) is 44.6 Å². The Kier molecular flexibility index (Phi) is 7.45. The van der Waals surface area contributed by atoms with E-state index in [0.29, 0.717) is 32.3 Å². The summed E-state index contributed by atoms with van der Waals surface area (Å²) >= 11 is 0. The summed E-state index contributed by atoms with van der Waals surface area (Å²) in [6.07, 6.45) is 3.81. The van der Waals surface area contributed by atoms with Gasteiger partial charge in [-0.3, -0.25) is 9.59 Å². The van der Waals surface area contributed by atoms with Crippen molar-refractivity contribution >= 4 is 11.8 Å². The minimum absolute atomic E-state index is 0.00385. The highest BCUT2D eigenvalue weighted by Crippen LogP contribution is 2.30. The minimum atomic E-state index is -0.355. The predicted molar refractivity (Wildman–Crippen MR) is 100 cm³/mol. The first kappa shape index (κ1) is 20.2. The second kappa shape index (κ2) is 9.57. The largest absolute Gasteiger partial charge is 0.497 e. The molecule has 0 unspecified atom stereocenters. The van der Waals surface area contributed by atoms with Crippen molar-refractivity contribution in [2.24, 2.45) is 0 Å². The first-order valence-corrected chi connectivity index (χ1v) is 9.22. The van der Waals surface area contributed by atoms with Gasteiger partial charge in [-0.05, 0) is 43.4 Å². The normalized spacial score (nSPS) is 20.5. The van der Waals surface area contributed by atoms with Gasteiger partial charge in [0.05, 0.1) is 19.8 Å². The summed E-state index contributed by atoms with van der Waals surface area (Å²) in [6.45, 7) is 2.53. The lowest BCUT2D eigenvalue weighted by Gasteiger charge is -2.29. The third kappa shape index (κ3) is 5.73. The van der Waals surface area contributed by atoms with E-state index in [1.165, 1.54) is 0 Å². The Morgan fingerprint density at radius 3 is 2.58 bits per heavy atom. The standard InChI is InChI=1S/C20H30N2O4/c1-4-16(14-25-2)21-18(23)9-11-20(12-10-19(24)22-20)13-15-5-7-17(26-3)8-6-15/h5-8,16H,4,9-14H2,1-3H3,(H,21,23)(H,22,24)/t16-,20-/m1/s1. The number of hydrogen-bond acceptors (Lipinski definition) is 4.